The first-order valence-electron chi connectivity index (χ1n) is 7.19. The Kier molecular flexibility index (Phi) is 3.64. The summed E-state index contributed by atoms with van der Waals surface area (Å²) in [4.78, 5) is 19.3. The van der Waals surface area contributed by atoms with Gasteiger partial charge in [0.2, 0.25) is 0 Å². The lowest BCUT2D eigenvalue weighted by molar-refractivity contribution is 0.297. The summed E-state index contributed by atoms with van der Waals surface area (Å²) >= 11 is 0. The number of nitrogens with one attached hydrogen (secondary N) is 1. The highest BCUT2D eigenvalue weighted by atomic mass is 16.5. The van der Waals surface area contributed by atoms with E-state index < -0.39 is 0 Å². The van der Waals surface area contributed by atoms with Crippen LogP contribution in [-0.4, -0.2) is 23.2 Å². The van der Waals surface area contributed by atoms with Gasteiger partial charge in [-0.25, -0.2) is 4.98 Å². The maximum Gasteiger partial charge on any atom is 0.254 e. The van der Waals surface area contributed by atoms with Gasteiger partial charge in [-0.05, 0) is 25.1 Å². The third-order valence-corrected chi connectivity index (χ3v) is 3.56. The molecule has 0 radical (unpaired) electrons. The first-order valence-corrected chi connectivity index (χ1v) is 7.19. The monoisotopic (exact) mass is 286 g/mol. The highest BCUT2D eigenvalue weighted by Gasteiger charge is 2.14. The van der Waals surface area contributed by atoms with E-state index in [0.29, 0.717) is 42.5 Å². The lowest BCUT2D eigenvalue weighted by Crippen LogP contribution is -2.15. The minimum atomic E-state index is -0.0936. The Labute approximate surface area is 123 Å². The quantitative estimate of drug-likeness (QED) is 0.921. The molecule has 0 fully saturated rings. The molecule has 0 aliphatic carbocycles. The van der Waals surface area contributed by atoms with Gasteiger partial charge in [-0.15, -0.1) is 0 Å². The zero-order valence-electron chi connectivity index (χ0n) is 12.2. The summed E-state index contributed by atoms with van der Waals surface area (Å²) < 4.78 is 11.3. The molecule has 2 aromatic rings. The molecule has 0 unspecified atom stereocenters. The van der Waals surface area contributed by atoms with Gasteiger partial charge in [0.05, 0.1) is 18.9 Å². The molecule has 5 heteroatoms. The van der Waals surface area contributed by atoms with Crippen LogP contribution in [-0.2, 0) is 6.42 Å². The zero-order chi connectivity index (χ0) is 14.8. The summed E-state index contributed by atoms with van der Waals surface area (Å²) in [6, 6.07) is 5.69. The molecule has 1 aliphatic rings. The van der Waals surface area contributed by atoms with Crippen molar-refractivity contribution in [3.05, 3.63) is 39.9 Å². The van der Waals surface area contributed by atoms with Crippen molar-refractivity contribution in [2.75, 3.05) is 13.2 Å². The normalized spacial score (nSPS) is 13.8. The maximum absolute atomic E-state index is 12.0. The number of hydrogen-bond donors (Lipinski definition) is 1. The van der Waals surface area contributed by atoms with Gasteiger partial charge in [0.15, 0.2) is 11.5 Å². The molecule has 21 heavy (non-hydrogen) atoms. The Balaban J connectivity index is 2.11. The van der Waals surface area contributed by atoms with Crippen molar-refractivity contribution in [3.8, 4) is 22.8 Å². The molecule has 0 bridgehead atoms. The molecule has 0 saturated heterocycles. The average molecular weight is 286 g/mol. The van der Waals surface area contributed by atoms with Crippen molar-refractivity contribution in [3.63, 3.8) is 0 Å². The van der Waals surface area contributed by atoms with Crippen molar-refractivity contribution in [1.82, 2.24) is 9.97 Å². The van der Waals surface area contributed by atoms with Crippen LogP contribution in [0.4, 0.5) is 0 Å². The van der Waals surface area contributed by atoms with Gasteiger partial charge in [-0.1, -0.05) is 6.92 Å². The lowest BCUT2D eigenvalue weighted by atomic mass is 10.1. The molecule has 1 N–H and O–H groups in total. The second kappa shape index (κ2) is 5.60. The van der Waals surface area contributed by atoms with E-state index in [-0.39, 0.29) is 5.56 Å². The predicted octanol–water partition coefficient (Wildman–Crippen LogP) is 2.47. The number of rotatable bonds is 2. The second-order valence-corrected chi connectivity index (χ2v) is 5.05. The van der Waals surface area contributed by atoms with Crippen LogP contribution < -0.4 is 15.0 Å². The van der Waals surface area contributed by atoms with Crippen molar-refractivity contribution >= 4 is 0 Å². The lowest BCUT2D eigenvalue weighted by Gasteiger charge is -2.11. The van der Waals surface area contributed by atoms with Gasteiger partial charge in [-0.2, -0.15) is 0 Å². The predicted molar refractivity (Wildman–Crippen MR) is 80.0 cm³/mol. The average Bonchev–Trinajstić information content (AvgIpc) is 2.74. The smallest absolute Gasteiger partial charge is 0.254 e. The molecule has 3 rings (SSSR count). The van der Waals surface area contributed by atoms with Crippen LogP contribution in [0.3, 0.4) is 0 Å². The Morgan fingerprint density at radius 1 is 1.24 bits per heavy atom. The van der Waals surface area contributed by atoms with Gasteiger partial charge in [0.25, 0.3) is 5.56 Å². The van der Waals surface area contributed by atoms with Gasteiger partial charge >= 0.3 is 0 Å². The van der Waals surface area contributed by atoms with Crippen molar-refractivity contribution in [2.24, 2.45) is 0 Å². The Morgan fingerprint density at radius 2 is 2.00 bits per heavy atom. The van der Waals surface area contributed by atoms with Crippen LogP contribution in [0.15, 0.2) is 23.0 Å². The Hall–Kier alpha value is -2.30. The molecular weight excluding hydrogens is 268 g/mol. The molecule has 0 saturated carbocycles. The van der Waals surface area contributed by atoms with E-state index in [1.54, 1.807) is 6.92 Å². The Morgan fingerprint density at radius 3 is 2.76 bits per heavy atom. The second-order valence-electron chi connectivity index (χ2n) is 5.05. The molecule has 0 atom stereocenters. The van der Waals surface area contributed by atoms with Gasteiger partial charge < -0.3 is 14.5 Å². The minimum Gasteiger partial charge on any atom is -0.490 e. The number of ether oxygens (including phenoxy) is 2. The molecule has 1 aromatic carbocycles. The summed E-state index contributed by atoms with van der Waals surface area (Å²) in [5.74, 6) is 2.15. The van der Waals surface area contributed by atoms with E-state index in [0.717, 1.165) is 17.7 Å². The summed E-state index contributed by atoms with van der Waals surface area (Å²) in [6.45, 7) is 5.04. The van der Waals surface area contributed by atoms with Gasteiger partial charge in [0, 0.05) is 24.0 Å². The van der Waals surface area contributed by atoms with Crippen molar-refractivity contribution in [2.45, 2.75) is 26.7 Å². The van der Waals surface area contributed by atoms with E-state index in [4.69, 9.17) is 9.47 Å². The molecule has 0 spiro atoms. The van der Waals surface area contributed by atoms with Crippen molar-refractivity contribution in [1.29, 1.82) is 0 Å². The molecular formula is C16H18N2O3. The van der Waals surface area contributed by atoms with E-state index in [2.05, 4.69) is 9.97 Å². The highest BCUT2D eigenvalue weighted by molar-refractivity contribution is 5.66. The number of fused-ring (bicyclic) bond motifs is 1. The maximum atomic E-state index is 12.0. The fourth-order valence-electron chi connectivity index (χ4n) is 2.34. The van der Waals surface area contributed by atoms with Crippen LogP contribution in [0, 0.1) is 6.92 Å². The molecule has 5 nitrogen and oxygen atoms in total. The number of nitrogens with zero attached hydrogens (tertiary/aromatic N) is 1. The molecule has 2 heterocycles. The fourth-order valence-corrected chi connectivity index (χ4v) is 2.34. The summed E-state index contributed by atoms with van der Waals surface area (Å²) in [5, 5.41) is 0. The van der Waals surface area contributed by atoms with E-state index in [1.807, 2.05) is 25.1 Å². The number of aryl methyl sites for hydroxylation is 1. The summed E-state index contributed by atoms with van der Waals surface area (Å²) in [7, 11) is 0. The SMILES string of the molecule is CCc1nc(-c2ccc3c(c2)OCCCO3)c(C)c(=O)[nH]1. The Bertz CT molecular complexity index is 722. The number of aromatic nitrogens is 2. The topological polar surface area (TPSA) is 64.2 Å². The van der Waals surface area contributed by atoms with E-state index in [9.17, 15) is 4.79 Å². The third kappa shape index (κ3) is 2.63. The first kappa shape index (κ1) is 13.7. The standard InChI is InChI=1S/C16H18N2O3/c1-3-14-17-15(10(2)16(19)18-14)11-5-6-12-13(9-11)21-8-4-7-20-12/h5-6,9H,3-4,7-8H2,1-2H3,(H,17,18,19). The van der Waals surface area contributed by atoms with Crippen LogP contribution in [0.2, 0.25) is 0 Å². The number of benzene rings is 1. The van der Waals surface area contributed by atoms with Crippen LogP contribution in [0.5, 0.6) is 11.5 Å². The molecule has 0 amide bonds. The first-order chi connectivity index (χ1) is 10.2. The third-order valence-electron chi connectivity index (χ3n) is 3.56. The molecule has 1 aromatic heterocycles. The minimum absolute atomic E-state index is 0.0936. The summed E-state index contributed by atoms with van der Waals surface area (Å²) in [5.41, 5.74) is 2.09. The molecule has 110 valence electrons. The van der Waals surface area contributed by atoms with Crippen molar-refractivity contribution < 1.29 is 9.47 Å². The number of aromatic amines is 1. The fraction of sp³-hybridized carbons (Fsp3) is 0.375. The molecule has 1 aliphatic heterocycles. The number of H-pyrrole nitrogens is 1. The van der Waals surface area contributed by atoms with Crippen LogP contribution >= 0.6 is 0 Å². The summed E-state index contributed by atoms with van der Waals surface area (Å²) in [6.07, 6.45) is 1.55. The highest BCUT2D eigenvalue weighted by Crippen LogP contribution is 2.34. The van der Waals surface area contributed by atoms with Crippen LogP contribution in [0.1, 0.15) is 24.7 Å². The van der Waals surface area contributed by atoms with Gasteiger partial charge in [0.1, 0.15) is 5.82 Å². The van der Waals surface area contributed by atoms with Gasteiger partial charge in [-0.3, -0.25) is 4.79 Å². The number of hydrogen-bond acceptors (Lipinski definition) is 4. The van der Waals surface area contributed by atoms with E-state index in [1.165, 1.54) is 0 Å². The van der Waals surface area contributed by atoms with Crippen LogP contribution in [0.25, 0.3) is 11.3 Å². The largest absolute Gasteiger partial charge is 0.490 e. The zero-order valence-corrected chi connectivity index (χ0v) is 12.2. The van der Waals surface area contributed by atoms with E-state index >= 15 is 0 Å².